The van der Waals surface area contributed by atoms with Crippen LogP contribution in [0.4, 0.5) is 10.2 Å². The van der Waals surface area contributed by atoms with Gasteiger partial charge in [-0.2, -0.15) is 0 Å². The SMILES string of the molecule is O=C(CC1CCCC1)N1CCC[C@@H](Nc2ccnc(-c3cnc4ccc(F)cn34)n2)C1. The molecular formula is C23H27FN6O. The van der Waals surface area contributed by atoms with Gasteiger partial charge < -0.3 is 10.2 Å². The Morgan fingerprint density at radius 1 is 1.13 bits per heavy atom. The molecule has 5 rings (SSSR count). The first-order chi connectivity index (χ1) is 15.2. The van der Waals surface area contributed by atoms with Crippen LogP contribution in [0.25, 0.3) is 17.2 Å². The number of fused-ring (bicyclic) bond motifs is 1. The molecular weight excluding hydrogens is 395 g/mol. The van der Waals surface area contributed by atoms with Crippen LogP contribution >= 0.6 is 0 Å². The van der Waals surface area contributed by atoms with Crippen LogP contribution < -0.4 is 5.32 Å². The number of amides is 1. The second kappa shape index (κ2) is 8.61. The third kappa shape index (κ3) is 4.38. The van der Waals surface area contributed by atoms with Gasteiger partial charge in [0.2, 0.25) is 5.91 Å². The summed E-state index contributed by atoms with van der Waals surface area (Å²) >= 11 is 0. The van der Waals surface area contributed by atoms with E-state index in [0.717, 1.165) is 19.4 Å². The molecule has 4 heterocycles. The summed E-state index contributed by atoms with van der Waals surface area (Å²) in [5.74, 6) is 1.69. The molecule has 8 heteroatoms. The summed E-state index contributed by atoms with van der Waals surface area (Å²) in [6.45, 7) is 1.54. The fraction of sp³-hybridized carbons (Fsp3) is 0.478. The van der Waals surface area contributed by atoms with Crippen molar-refractivity contribution < 1.29 is 9.18 Å². The Hall–Kier alpha value is -3.03. The summed E-state index contributed by atoms with van der Waals surface area (Å²) in [5, 5.41) is 3.47. The first-order valence-corrected chi connectivity index (χ1v) is 11.2. The molecule has 1 N–H and O–H groups in total. The predicted octanol–water partition coefficient (Wildman–Crippen LogP) is 3.91. The van der Waals surface area contributed by atoms with E-state index in [2.05, 4.69) is 20.3 Å². The summed E-state index contributed by atoms with van der Waals surface area (Å²) in [6, 6.07) is 4.99. The Balaban J connectivity index is 1.28. The number of rotatable bonds is 5. The van der Waals surface area contributed by atoms with Gasteiger partial charge in [-0.1, -0.05) is 12.8 Å². The maximum atomic E-state index is 13.7. The van der Waals surface area contributed by atoms with Crippen molar-refractivity contribution in [1.82, 2.24) is 24.3 Å². The van der Waals surface area contributed by atoms with Crippen molar-refractivity contribution in [3.05, 3.63) is 42.6 Å². The van der Waals surface area contributed by atoms with E-state index in [9.17, 15) is 9.18 Å². The molecule has 1 atom stereocenters. The lowest BCUT2D eigenvalue weighted by Gasteiger charge is -2.34. The van der Waals surface area contributed by atoms with Crippen LogP contribution in [0.1, 0.15) is 44.9 Å². The average Bonchev–Trinajstić information content (AvgIpc) is 3.43. The lowest BCUT2D eigenvalue weighted by molar-refractivity contribution is -0.133. The molecule has 0 spiro atoms. The van der Waals surface area contributed by atoms with E-state index in [1.54, 1.807) is 22.9 Å². The van der Waals surface area contributed by atoms with E-state index in [1.807, 2.05) is 11.0 Å². The number of aromatic nitrogens is 4. The summed E-state index contributed by atoms with van der Waals surface area (Å²) in [5.41, 5.74) is 1.28. The van der Waals surface area contributed by atoms with Crippen LogP contribution in [0.2, 0.25) is 0 Å². The standard InChI is InChI=1S/C23H27FN6O/c24-17-7-8-21-26-13-19(30(21)14-17)23-25-10-9-20(28-23)27-18-6-3-11-29(15-18)22(31)12-16-4-1-2-5-16/h7-10,13-14,16,18H,1-6,11-12,15H2,(H,25,27,28)/t18-/m1/s1. The highest BCUT2D eigenvalue weighted by Gasteiger charge is 2.27. The monoisotopic (exact) mass is 422 g/mol. The van der Waals surface area contributed by atoms with Crippen LogP contribution in [-0.2, 0) is 4.79 Å². The number of halogens is 1. The van der Waals surface area contributed by atoms with Crippen molar-refractivity contribution in [3.63, 3.8) is 0 Å². The van der Waals surface area contributed by atoms with Crippen LogP contribution in [0, 0.1) is 11.7 Å². The number of anilines is 1. The van der Waals surface area contributed by atoms with Crippen LogP contribution in [0.3, 0.4) is 0 Å². The third-order valence-corrected chi connectivity index (χ3v) is 6.42. The molecule has 0 unspecified atom stereocenters. The Labute approximate surface area is 180 Å². The number of carbonyl (C=O) groups is 1. The van der Waals surface area contributed by atoms with Crippen molar-refractivity contribution >= 4 is 17.4 Å². The fourth-order valence-corrected chi connectivity index (χ4v) is 4.80. The van der Waals surface area contributed by atoms with Gasteiger partial charge in [0, 0.05) is 37.9 Å². The van der Waals surface area contributed by atoms with Gasteiger partial charge in [0.25, 0.3) is 0 Å². The minimum Gasteiger partial charge on any atom is -0.365 e. The lowest BCUT2D eigenvalue weighted by Crippen LogP contribution is -2.45. The van der Waals surface area contributed by atoms with Crippen molar-refractivity contribution in [2.24, 2.45) is 5.92 Å². The molecule has 0 aromatic carbocycles. The van der Waals surface area contributed by atoms with Crippen molar-refractivity contribution in [3.8, 4) is 11.5 Å². The fourth-order valence-electron chi connectivity index (χ4n) is 4.80. The van der Waals surface area contributed by atoms with Gasteiger partial charge >= 0.3 is 0 Å². The highest BCUT2D eigenvalue weighted by Crippen LogP contribution is 2.29. The molecule has 7 nitrogen and oxygen atoms in total. The Bertz CT molecular complexity index is 1080. The predicted molar refractivity (Wildman–Crippen MR) is 116 cm³/mol. The molecule has 3 aromatic heterocycles. The number of carbonyl (C=O) groups excluding carboxylic acids is 1. The zero-order valence-electron chi connectivity index (χ0n) is 17.5. The maximum Gasteiger partial charge on any atom is 0.222 e. The smallest absolute Gasteiger partial charge is 0.222 e. The first kappa shape index (κ1) is 19.9. The molecule has 1 amide bonds. The number of nitrogens with one attached hydrogen (secondary N) is 1. The van der Waals surface area contributed by atoms with Crippen LogP contribution in [-0.4, -0.2) is 49.3 Å². The summed E-state index contributed by atoms with van der Waals surface area (Å²) in [7, 11) is 0. The molecule has 1 saturated carbocycles. The number of piperidine rings is 1. The topological polar surface area (TPSA) is 75.4 Å². The van der Waals surface area contributed by atoms with Gasteiger partial charge in [0.15, 0.2) is 5.82 Å². The number of pyridine rings is 1. The van der Waals surface area contributed by atoms with Crippen molar-refractivity contribution in [2.75, 3.05) is 18.4 Å². The second-order valence-corrected chi connectivity index (χ2v) is 8.66. The highest BCUT2D eigenvalue weighted by molar-refractivity contribution is 5.76. The molecule has 0 radical (unpaired) electrons. The van der Waals surface area contributed by atoms with E-state index >= 15 is 0 Å². The van der Waals surface area contributed by atoms with Crippen LogP contribution in [0.15, 0.2) is 36.8 Å². The zero-order valence-corrected chi connectivity index (χ0v) is 17.5. The summed E-state index contributed by atoms with van der Waals surface area (Å²) < 4.78 is 15.3. The Morgan fingerprint density at radius 2 is 2.00 bits per heavy atom. The largest absolute Gasteiger partial charge is 0.365 e. The van der Waals surface area contributed by atoms with E-state index < -0.39 is 0 Å². The third-order valence-electron chi connectivity index (χ3n) is 6.42. The molecule has 1 saturated heterocycles. The highest BCUT2D eigenvalue weighted by atomic mass is 19.1. The van der Waals surface area contributed by atoms with Gasteiger partial charge in [-0.3, -0.25) is 9.20 Å². The number of likely N-dealkylation sites (tertiary alicyclic amines) is 1. The van der Waals surface area contributed by atoms with Gasteiger partial charge in [-0.25, -0.2) is 19.3 Å². The van der Waals surface area contributed by atoms with E-state index in [0.29, 0.717) is 41.9 Å². The van der Waals surface area contributed by atoms with Gasteiger partial charge in [0.05, 0.1) is 6.20 Å². The molecule has 162 valence electrons. The molecule has 2 aliphatic rings. The second-order valence-electron chi connectivity index (χ2n) is 8.66. The number of hydrogen-bond acceptors (Lipinski definition) is 5. The van der Waals surface area contributed by atoms with E-state index in [4.69, 9.17) is 0 Å². The minimum atomic E-state index is -0.342. The number of imidazole rings is 1. The number of nitrogens with zero attached hydrogens (tertiary/aromatic N) is 5. The van der Waals surface area contributed by atoms with Gasteiger partial charge in [-0.05, 0) is 49.8 Å². The van der Waals surface area contributed by atoms with Crippen molar-refractivity contribution in [1.29, 1.82) is 0 Å². The minimum absolute atomic E-state index is 0.156. The zero-order chi connectivity index (χ0) is 21.2. The average molecular weight is 423 g/mol. The van der Waals surface area contributed by atoms with Gasteiger partial charge in [0.1, 0.15) is 23.0 Å². The molecule has 0 bridgehead atoms. The van der Waals surface area contributed by atoms with Crippen molar-refractivity contribution in [2.45, 2.75) is 51.0 Å². The normalized spacial score (nSPS) is 19.8. The van der Waals surface area contributed by atoms with Crippen LogP contribution in [0.5, 0.6) is 0 Å². The van der Waals surface area contributed by atoms with E-state index in [-0.39, 0.29) is 17.8 Å². The Kier molecular flexibility index (Phi) is 5.53. The molecule has 3 aromatic rings. The number of hydrogen-bond donors (Lipinski definition) is 1. The lowest BCUT2D eigenvalue weighted by atomic mass is 10.0. The van der Waals surface area contributed by atoms with Gasteiger partial charge in [-0.15, -0.1) is 0 Å². The summed E-state index contributed by atoms with van der Waals surface area (Å²) in [6.07, 6.45) is 12.3. The summed E-state index contributed by atoms with van der Waals surface area (Å²) in [4.78, 5) is 28.0. The van der Waals surface area contributed by atoms with E-state index in [1.165, 1.54) is 37.9 Å². The quantitative estimate of drug-likeness (QED) is 0.675. The molecule has 31 heavy (non-hydrogen) atoms. The Morgan fingerprint density at radius 3 is 2.87 bits per heavy atom. The molecule has 1 aliphatic heterocycles. The molecule has 1 aliphatic carbocycles. The first-order valence-electron chi connectivity index (χ1n) is 11.2. The maximum absolute atomic E-state index is 13.7. The molecule has 2 fully saturated rings.